The van der Waals surface area contributed by atoms with E-state index in [1.807, 2.05) is 30.3 Å². The smallest absolute Gasteiger partial charge is 0.264 e. The summed E-state index contributed by atoms with van der Waals surface area (Å²) in [6.45, 7) is 0. The van der Waals surface area contributed by atoms with Crippen LogP contribution in [0.5, 0.6) is 11.5 Å². The molecule has 0 fully saturated rings. The summed E-state index contributed by atoms with van der Waals surface area (Å²) < 4.78 is 10.4. The summed E-state index contributed by atoms with van der Waals surface area (Å²) in [5, 5.41) is 3.92. The average Bonchev–Trinajstić information content (AvgIpc) is 2.61. The van der Waals surface area contributed by atoms with Gasteiger partial charge in [-0.15, -0.1) is 0 Å². The summed E-state index contributed by atoms with van der Waals surface area (Å²) >= 11 is 0. The van der Waals surface area contributed by atoms with Crippen molar-refractivity contribution < 1.29 is 14.3 Å². The van der Waals surface area contributed by atoms with Crippen molar-refractivity contribution in [2.75, 3.05) is 14.2 Å². The van der Waals surface area contributed by atoms with Crippen LogP contribution in [-0.4, -0.2) is 26.3 Å². The fourth-order valence-electron chi connectivity index (χ4n) is 1.86. The number of rotatable bonds is 6. The lowest BCUT2D eigenvalue weighted by Crippen LogP contribution is -2.14. The van der Waals surface area contributed by atoms with E-state index in [0.717, 1.165) is 11.1 Å². The lowest BCUT2D eigenvalue weighted by Gasteiger charge is -2.06. The van der Waals surface area contributed by atoms with Crippen LogP contribution in [0.4, 0.5) is 0 Å². The van der Waals surface area contributed by atoms with Crippen LogP contribution in [0.1, 0.15) is 11.1 Å². The van der Waals surface area contributed by atoms with Crippen molar-refractivity contribution >= 4 is 18.2 Å². The molecule has 23 heavy (non-hydrogen) atoms. The number of amides is 1. The van der Waals surface area contributed by atoms with E-state index in [2.05, 4.69) is 10.5 Å². The molecule has 1 N–H and O–H groups in total. The minimum atomic E-state index is -0.308. The van der Waals surface area contributed by atoms with Gasteiger partial charge in [-0.25, -0.2) is 5.43 Å². The van der Waals surface area contributed by atoms with E-state index in [1.165, 1.54) is 12.3 Å². The number of methoxy groups -OCH3 is 2. The Morgan fingerprint density at radius 3 is 2.57 bits per heavy atom. The van der Waals surface area contributed by atoms with Gasteiger partial charge in [-0.2, -0.15) is 5.10 Å². The number of nitrogens with zero attached hydrogens (tertiary/aromatic N) is 1. The number of nitrogens with one attached hydrogen (secondary N) is 1. The topological polar surface area (TPSA) is 59.9 Å². The number of carbonyl (C=O) groups is 1. The van der Waals surface area contributed by atoms with Gasteiger partial charge in [0.2, 0.25) is 0 Å². The van der Waals surface area contributed by atoms with Crippen LogP contribution in [0.25, 0.3) is 6.08 Å². The van der Waals surface area contributed by atoms with E-state index in [1.54, 1.807) is 38.5 Å². The molecule has 1 amide bonds. The van der Waals surface area contributed by atoms with Gasteiger partial charge >= 0.3 is 0 Å². The Morgan fingerprint density at radius 2 is 1.87 bits per heavy atom. The minimum absolute atomic E-state index is 0.308. The van der Waals surface area contributed by atoms with Gasteiger partial charge in [0.05, 0.1) is 20.4 Å². The zero-order valence-corrected chi connectivity index (χ0v) is 13.0. The molecule has 2 aromatic rings. The number of hydrogen-bond acceptors (Lipinski definition) is 4. The summed E-state index contributed by atoms with van der Waals surface area (Å²) in [6.07, 6.45) is 4.67. The van der Waals surface area contributed by atoms with Crippen molar-refractivity contribution in [2.24, 2.45) is 5.10 Å². The Morgan fingerprint density at radius 1 is 1.09 bits per heavy atom. The monoisotopic (exact) mass is 310 g/mol. The zero-order valence-electron chi connectivity index (χ0n) is 13.0. The van der Waals surface area contributed by atoms with Crippen molar-refractivity contribution in [1.29, 1.82) is 0 Å². The Bertz CT molecular complexity index is 709. The van der Waals surface area contributed by atoms with E-state index in [4.69, 9.17) is 9.47 Å². The molecule has 0 aromatic heterocycles. The predicted molar refractivity (Wildman–Crippen MR) is 90.8 cm³/mol. The first-order valence-corrected chi connectivity index (χ1v) is 7.01. The van der Waals surface area contributed by atoms with Crippen molar-refractivity contribution in [2.45, 2.75) is 0 Å². The van der Waals surface area contributed by atoms with Crippen LogP contribution in [0.15, 0.2) is 59.7 Å². The first-order valence-electron chi connectivity index (χ1n) is 7.01. The summed E-state index contributed by atoms with van der Waals surface area (Å²) in [5.74, 6) is 0.994. The third-order valence-corrected chi connectivity index (χ3v) is 3.05. The molecule has 0 saturated heterocycles. The van der Waals surface area contributed by atoms with Gasteiger partial charge in [-0.1, -0.05) is 30.3 Å². The molecular weight excluding hydrogens is 292 g/mol. The summed E-state index contributed by atoms with van der Waals surface area (Å²) in [4.78, 5) is 11.7. The summed E-state index contributed by atoms with van der Waals surface area (Å²) in [6, 6.07) is 14.9. The molecule has 0 atom stereocenters. The van der Waals surface area contributed by atoms with E-state index in [-0.39, 0.29) is 5.91 Å². The molecule has 5 heteroatoms. The van der Waals surface area contributed by atoms with Gasteiger partial charge in [0.15, 0.2) is 0 Å². The SMILES string of the molecule is COc1ccc(/C=N/NC(=O)/C=C/c2ccccc2)c(OC)c1. The fourth-order valence-corrected chi connectivity index (χ4v) is 1.86. The van der Waals surface area contributed by atoms with Gasteiger partial charge in [0.1, 0.15) is 11.5 Å². The fraction of sp³-hybridized carbons (Fsp3) is 0.111. The second-order valence-corrected chi connectivity index (χ2v) is 4.59. The number of ether oxygens (including phenoxy) is 2. The Balaban J connectivity index is 1.96. The molecule has 0 aliphatic rings. The largest absolute Gasteiger partial charge is 0.497 e. The maximum atomic E-state index is 11.7. The van der Waals surface area contributed by atoms with Crippen LogP contribution < -0.4 is 14.9 Å². The van der Waals surface area contributed by atoms with Crippen molar-refractivity contribution in [3.63, 3.8) is 0 Å². The molecule has 0 bridgehead atoms. The van der Waals surface area contributed by atoms with Crippen LogP contribution in [-0.2, 0) is 4.79 Å². The van der Waals surface area contributed by atoms with Crippen LogP contribution in [0.3, 0.4) is 0 Å². The van der Waals surface area contributed by atoms with Crippen LogP contribution >= 0.6 is 0 Å². The molecule has 0 aliphatic heterocycles. The Labute approximate surface area is 135 Å². The quantitative estimate of drug-likeness (QED) is 0.507. The summed E-state index contributed by atoms with van der Waals surface area (Å²) in [5.41, 5.74) is 4.12. The number of benzene rings is 2. The molecule has 0 aliphatic carbocycles. The third-order valence-electron chi connectivity index (χ3n) is 3.05. The number of hydrogen-bond donors (Lipinski definition) is 1. The van der Waals surface area contributed by atoms with E-state index >= 15 is 0 Å². The van der Waals surface area contributed by atoms with Crippen LogP contribution in [0.2, 0.25) is 0 Å². The van der Waals surface area contributed by atoms with Crippen molar-refractivity contribution in [1.82, 2.24) is 5.43 Å². The standard InChI is InChI=1S/C18H18N2O3/c1-22-16-10-9-15(17(12-16)23-2)13-19-20-18(21)11-8-14-6-4-3-5-7-14/h3-13H,1-2H3,(H,20,21)/b11-8+,19-13+. The molecule has 0 heterocycles. The van der Waals surface area contributed by atoms with E-state index < -0.39 is 0 Å². The Kier molecular flexibility index (Phi) is 5.94. The molecular formula is C18H18N2O3. The average molecular weight is 310 g/mol. The first kappa shape index (κ1) is 16.3. The van der Waals surface area contributed by atoms with Gasteiger partial charge in [0, 0.05) is 17.7 Å². The molecule has 2 aromatic carbocycles. The maximum Gasteiger partial charge on any atom is 0.264 e. The second kappa shape index (κ2) is 8.38. The molecule has 0 saturated carbocycles. The first-order chi connectivity index (χ1) is 11.2. The normalized spacial score (nSPS) is 10.9. The second-order valence-electron chi connectivity index (χ2n) is 4.59. The van der Waals surface area contributed by atoms with Crippen LogP contribution in [0, 0.1) is 0 Å². The highest BCUT2D eigenvalue weighted by molar-refractivity contribution is 5.93. The van der Waals surface area contributed by atoms with Gasteiger partial charge in [-0.05, 0) is 23.8 Å². The van der Waals surface area contributed by atoms with Crippen molar-refractivity contribution in [3.8, 4) is 11.5 Å². The van der Waals surface area contributed by atoms with Crippen molar-refractivity contribution in [3.05, 3.63) is 65.7 Å². The lowest BCUT2D eigenvalue weighted by molar-refractivity contribution is -0.116. The Hall–Kier alpha value is -3.08. The van der Waals surface area contributed by atoms with E-state index in [0.29, 0.717) is 11.5 Å². The molecule has 0 unspecified atom stereocenters. The van der Waals surface area contributed by atoms with Gasteiger partial charge in [-0.3, -0.25) is 4.79 Å². The van der Waals surface area contributed by atoms with Gasteiger partial charge < -0.3 is 9.47 Å². The maximum absolute atomic E-state index is 11.7. The molecule has 118 valence electrons. The zero-order chi connectivity index (χ0) is 16.5. The lowest BCUT2D eigenvalue weighted by atomic mass is 10.2. The third kappa shape index (κ3) is 5.00. The summed E-state index contributed by atoms with van der Waals surface area (Å²) in [7, 11) is 3.15. The minimum Gasteiger partial charge on any atom is -0.497 e. The molecule has 2 rings (SSSR count). The van der Waals surface area contributed by atoms with Gasteiger partial charge in [0.25, 0.3) is 5.91 Å². The highest BCUT2D eigenvalue weighted by Crippen LogP contribution is 2.22. The number of carbonyl (C=O) groups excluding carboxylic acids is 1. The number of hydrazone groups is 1. The molecule has 5 nitrogen and oxygen atoms in total. The molecule has 0 spiro atoms. The molecule has 0 radical (unpaired) electrons. The predicted octanol–water partition coefficient (Wildman–Crippen LogP) is 2.87. The van der Waals surface area contributed by atoms with E-state index in [9.17, 15) is 4.79 Å². The highest BCUT2D eigenvalue weighted by atomic mass is 16.5. The highest BCUT2D eigenvalue weighted by Gasteiger charge is 2.02.